The lowest BCUT2D eigenvalue weighted by Crippen LogP contribution is -2.38. The Labute approximate surface area is 170 Å². The first-order valence-electron chi connectivity index (χ1n) is 10.3. The summed E-state index contributed by atoms with van der Waals surface area (Å²) in [7, 11) is 0. The first kappa shape index (κ1) is 19.2. The Hall–Kier alpha value is -3.15. The number of aromatic nitrogens is 2. The zero-order valence-electron chi connectivity index (χ0n) is 16.7. The number of nitrogens with one attached hydrogen (secondary N) is 1. The number of hydrogen-bond acceptors (Lipinski definition) is 4. The molecule has 0 aliphatic carbocycles. The molecule has 0 radical (unpaired) electrons. The summed E-state index contributed by atoms with van der Waals surface area (Å²) in [5.41, 5.74) is 3.10. The Morgan fingerprint density at radius 1 is 1.07 bits per heavy atom. The van der Waals surface area contributed by atoms with E-state index in [2.05, 4.69) is 22.1 Å². The summed E-state index contributed by atoms with van der Waals surface area (Å²) in [4.78, 5) is 32.7. The van der Waals surface area contributed by atoms with Crippen molar-refractivity contribution in [2.75, 3.05) is 23.3 Å². The van der Waals surface area contributed by atoms with Crippen LogP contribution in [0.5, 0.6) is 0 Å². The number of carbonyl (C=O) groups is 1. The number of benzene rings is 2. The molecule has 4 rings (SSSR count). The lowest BCUT2D eigenvalue weighted by Gasteiger charge is -2.27. The summed E-state index contributed by atoms with van der Waals surface area (Å²) >= 11 is 0. The van der Waals surface area contributed by atoms with Gasteiger partial charge in [0.2, 0.25) is 5.91 Å². The molecular weight excluding hydrogens is 364 g/mol. The highest BCUT2D eigenvalue weighted by Gasteiger charge is 2.20. The Kier molecular flexibility index (Phi) is 5.60. The highest BCUT2D eigenvalue weighted by Crippen LogP contribution is 2.18. The fraction of sp³-hybridized carbons (Fsp3) is 0.348. The number of piperidine rings is 1. The highest BCUT2D eigenvalue weighted by atomic mass is 16.2. The van der Waals surface area contributed by atoms with Gasteiger partial charge in [-0.05, 0) is 55.5 Å². The van der Waals surface area contributed by atoms with E-state index in [-0.39, 0.29) is 18.0 Å². The predicted octanol–water partition coefficient (Wildman–Crippen LogP) is 3.59. The van der Waals surface area contributed by atoms with Gasteiger partial charge in [-0.25, -0.2) is 4.98 Å². The van der Waals surface area contributed by atoms with Crippen LogP contribution in [0.15, 0.2) is 53.3 Å². The first-order valence-corrected chi connectivity index (χ1v) is 10.3. The molecule has 0 atom stereocenters. The van der Waals surface area contributed by atoms with Gasteiger partial charge in [0.25, 0.3) is 5.56 Å². The molecule has 6 nitrogen and oxygen atoms in total. The summed E-state index contributed by atoms with van der Waals surface area (Å²) in [5.74, 6) is 0.227. The number of para-hydroxylation sites is 2. The van der Waals surface area contributed by atoms with Crippen LogP contribution in [-0.4, -0.2) is 28.5 Å². The number of carbonyl (C=O) groups excluding carboxylic acids is 1. The Balaban J connectivity index is 1.67. The van der Waals surface area contributed by atoms with Crippen LogP contribution in [-0.2, 0) is 17.8 Å². The van der Waals surface area contributed by atoms with Crippen LogP contribution in [0.2, 0.25) is 0 Å². The highest BCUT2D eigenvalue weighted by molar-refractivity contribution is 5.91. The number of aryl methyl sites for hydroxylation is 1. The van der Waals surface area contributed by atoms with E-state index >= 15 is 0 Å². The monoisotopic (exact) mass is 390 g/mol. The summed E-state index contributed by atoms with van der Waals surface area (Å²) < 4.78 is 1.55. The lowest BCUT2D eigenvalue weighted by molar-refractivity contribution is -0.116. The fourth-order valence-corrected chi connectivity index (χ4v) is 3.86. The third-order valence-electron chi connectivity index (χ3n) is 5.41. The molecule has 1 N–H and O–H groups in total. The molecule has 1 aliphatic rings. The molecule has 1 fully saturated rings. The van der Waals surface area contributed by atoms with Crippen molar-refractivity contribution in [3.05, 3.63) is 64.4 Å². The van der Waals surface area contributed by atoms with E-state index in [9.17, 15) is 9.59 Å². The third kappa shape index (κ3) is 4.16. The molecule has 2 heterocycles. The maximum Gasteiger partial charge on any atom is 0.294 e. The minimum absolute atomic E-state index is 0.0426. The Bertz CT molecular complexity index is 1080. The van der Waals surface area contributed by atoms with Crippen LogP contribution in [0, 0.1) is 0 Å². The SMILES string of the molecule is CCc1cccc(NC(=O)Cn2c(=O)c(N3CCCCC3)nc3ccccc32)c1. The zero-order valence-corrected chi connectivity index (χ0v) is 16.7. The third-order valence-corrected chi connectivity index (χ3v) is 5.41. The van der Waals surface area contributed by atoms with E-state index in [1.54, 1.807) is 4.57 Å². The van der Waals surface area contributed by atoms with E-state index in [1.165, 1.54) is 6.42 Å². The van der Waals surface area contributed by atoms with E-state index in [1.807, 2.05) is 48.5 Å². The van der Waals surface area contributed by atoms with Gasteiger partial charge in [0.05, 0.1) is 11.0 Å². The number of amides is 1. The van der Waals surface area contributed by atoms with Gasteiger partial charge >= 0.3 is 0 Å². The Morgan fingerprint density at radius 3 is 2.66 bits per heavy atom. The van der Waals surface area contributed by atoms with Crippen LogP contribution < -0.4 is 15.8 Å². The summed E-state index contributed by atoms with van der Waals surface area (Å²) in [5, 5.41) is 2.92. The lowest BCUT2D eigenvalue weighted by atomic mass is 10.1. The van der Waals surface area contributed by atoms with Gasteiger partial charge in [-0.2, -0.15) is 0 Å². The molecule has 29 heavy (non-hydrogen) atoms. The molecule has 1 saturated heterocycles. The number of fused-ring (bicyclic) bond motifs is 1. The van der Waals surface area contributed by atoms with Crippen molar-refractivity contribution in [3.8, 4) is 0 Å². The molecule has 6 heteroatoms. The van der Waals surface area contributed by atoms with Crippen molar-refractivity contribution >= 4 is 28.4 Å². The van der Waals surface area contributed by atoms with Crippen molar-refractivity contribution in [1.82, 2.24) is 9.55 Å². The van der Waals surface area contributed by atoms with Crippen molar-refractivity contribution in [3.63, 3.8) is 0 Å². The average molecular weight is 390 g/mol. The van der Waals surface area contributed by atoms with Crippen molar-refractivity contribution in [2.45, 2.75) is 39.2 Å². The second-order valence-electron chi connectivity index (χ2n) is 7.47. The second-order valence-corrected chi connectivity index (χ2v) is 7.47. The molecule has 1 amide bonds. The van der Waals surface area contributed by atoms with Gasteiger partial charge in [-0.3, -0.25) is 14.2 Å². The topological polar surface area (TPSA) is 67.2 Å². The molecule has 2 aromatic carbocycles. The van der Waals surface area contributed by atoms with Gasteiger partial charge in [0.1, 0.15) is 6.54 Å². The van der Waals surface area contributed by atoms with Crippen LogP contribution in [0.25, 0.3) is 11.0 Å². The maximum atomic E-state index is 13.2. The molecule has 1 aromatic heterocycles. The number of nitrogens with zero attached hydrogens (tertiary/aromatic N) is 3. The molecule has 0 unspecified atom stereocenters. The summed E-state index contributed by atoms with van der Waals surface area (Å²) in [6.07, 6.45) is 4.19. The molecule has 1 aliphatic heterocycles. The van der Waals surface area contributed by atoms with Crippen molar-refractivity contribution in [1.29, 1.82) is 0 Å². The van der Waals surface area contributed by atoms with Gasteiger partial charge < -0.3 is 10.2 Å². The average Bonchev–Trinajstić information content (AvgIpc) is 2.76. The smallest absolute Gasteiger partial charge is 0.294 e. The molecule has 150 valence electrons. The maximum absolute atomic E-state index is 13.2. The Morgan fingerprint density at radius 2 is 1.86 bits per heavy atom. The predicted molar refractivity (Wildman–Crippen MR) is 117 cm³/mol. The van der Waals surface area contributed by atoms with E-state index in [0.29, 0.717) is 11.3 Å². The minimum Gasteiger partial charge on any atom is -0.352 e. The van der Waals surface area contributed by atoms with Gasteiger partial charge in [0, 0.05) is 18.8 Å². The quantitative estimate of drug-likeness (QED) is 0.723. The van der Waals surface area contributed by atoms with Crippen LogP contribution >= 0.6 is 0 Å². The van der Waals surface area contributed by atoms with E-state index < -0.39 is 0 Å². The summed E-state index contributed by atoms with van der Waals surface area (Å²) in [6.45, 7) is 3.69. The standard InChI is InChI=1S/C23H26N4O2/c1-2-17-9-8-10-18(15-17)24-21(28)16-27-20-12-5-4-11-19(20)25-22(23(27)29)26-13-6-3-7-14-26/h4-5,8-12,15H,2-3,6-7,13-14,16H2,1H3,(H,24,28). The molecule has 0 bridgehead atoms. The van der Waals surface area contributed by atoms with Crippen molar-refractivity contribution in [2.24, 2.45) is 0 Å². The second kappa shape index (κ2) is 8.47. The van der Waals surface area contributed by atoms with Crippen LogP contribution in [0.1, 0.15) is 31.7 Å². The number of anilines is 2. The number of hydrogen-bond donors (Lipinski definition) is 1. The largest absolute Gasteiger partial charge is 0.352 e. The normalized spacial score (nSPS) is 14.2. The molecular formula is C23H26N4O2. The van der Waals surface area contributed by atoms with Gasteiger partial charge in [-0.1, -0.05) is 31.2 Å². The first-order chi connectivity index (χ1) is 14.2. The van der Waals surface area contributed by atoms with E-state index in [0.717, 1.165) is 49.1 Å². The molecule has 3 aromatic rings. The van der Waals surface area contributed by atoms with Crippen LogP contribution in [0.4, 0.5) is 11.5 Å². The molecule has 0 saturated carbocycles. The fourth-order valence-electron chi connectivity index (χ4n) is 3.86. The van der Waals surface area contributed by atoms with Gasteiger partial charge in [-0.15, -0.1) is 0 Å². The minimum atomic E-state index is -0.221. The number of rotatable bonds is 5. The van der Waals surface area contributed by atoms with E-state index in [4.69, 9.17) is 0 Å². The van der Waals surface area contributed by atoms with Crippen LogP contribution in [0.3, 0.4) is 0 Å². The van der Waals surface area contributed by atoms with Gasteiger partial charge in [0.15, 0.2) is 5.82 Å². The molecule has 0 spiro atoms. The van der Waals surface area contributed by atoms with Crippen molar-refractivity contribution < 1.29 is 4.79 Å². The summed E-state index contributed by atoms with van der Waals surface area (Å²) in [6, 6.07) is 15.3. The zero-order chi connectivity index (χ0) is 20.2.